The number of nitrogens with zero attached hydrogens (tertiary/aromatic N) is 1. The fourth-order valence-electron chi connectivity index (χ4n) is 1.79. The van der Waals surface area contributed by atoms with Gasteiger partial charge in [0.2, 0.25) is 10.0 Å². The Morgan fingerprint density at radius 1 is 1.43 bits per heavy atom. The minimum absolute atomic E-state index is 0. The van der Waals surface area contributed by atoms with E-state index in [1.54, 1.807) is 20.0 Å². The minimum Gasteiger partial charge on any atom is -0.408 e. The van der Waals surface area contributed by atoms with Crippen LogP contribution in [0.4, 0.5) is 0 Å². The SMILES string of the molecule is CC(N)CCNS(=O)(=O)c1ccc2c(c1)oc(=O)n2C.Cl. The van der Waals surface area contributed by atoms with Crippen molar-refractivity contribution >= 4 is 33.5 Å². The fourth-order valence-corrected chi connectivity index (χ4v) is 2.85. The van der Waals surface area contributed by atoms with Crippen LogP contribution in [0.25, 0.3) is 11.1 Å². The largest absolute Gasteiger partial charge is 0.419 e. The Labute approximate surface area is 128 Å². The predicted octanol–water partition coefficient (Wildman–Crippen LogP) is 0.569. The summed E-state index contributed by atoms with van der Waals surface area (Å²) in [6, 6.07) is 4.24. The summed E-state index contributed by atoms with van der Waals surface area (Å²) < 4.78 is 32.9. The molecule has 0 bridgehead atoms. The molecule has 1 unspecified atom stereocenters. The summed E-state index contributed by atoms with van der Waals surface area (Å²) in [4.78, 5) is 11.4. The highest BCUT2D eigenvalue weighted by molar-refractivity contribution is 7.89. The van der Waals surface area contributed by atoms with Crippen molar-refractivity contribution in [3.63, 3.8) is 0 Å². The summed E-state index contributed by atoms with van der Waals surface area (Å²) in [7, 11) is -2.07. The zero-order valence-corrected chi connectivity index (χ0v) is 13.3. The molecule has 0 spiro atoms. The van der Waals surface area contributed by atoms with E-state index in [0.717, 1.165) is 0 Å². The standard InChI is InChI=1S/C12H17N3O4S.ClH/c1-8(13)5-6-14-20(17,18)9-3-4-10-11(7-9)19-12(16)15(10)2;/h3-4,7-8,14H,5-6,13H2,1-2H3;1H. The highest BCUT2D eigenvalue weighted by Gasteiger charge is 2.16. The van der Waals surface area contributed by atoms with Gasteiger partial charge in [-0.25, -0.2) is 17.9 Å². The van der Waals surface area contributed by atoms with Crippen LogP contribution in [0.3, 0.4) is 0 Å². The third-order valence-electron chi connectivity index (χ3n) is 2.97. The molecule has 9 heteroatoms. The predicted molar refractivity (Wildman–Crippen MR) is 82.2 cm³/mol. The number of aromatic nitrogens is 1. The first-order valence-corrected chi connectivity index (χ1v) is 7.64. The summed E-state index contributed by atoms with van der Waals surface area (Å²) in [5, 5.41) is 0. The maximum atomic E-state index is 12.1. The molecule has 0 aliphatic carbocycles. The number of halogens is 1. The number of nitrogens with one attached hydrogen (secondary N) is 1. The van der Waals surface area contributed by atoms with Crippen molar-refractivity contribution in [3.8, 4) is 0 Å². The molecule has 2 rings (SSSR count). The van der Waals surface area contributed by atoms with Crippen molar-refractivity contribution < 1.29 is 12.8 Å². The summed E-state index contributed by atoms with van der Waals surface area (Å²) in [6.07, 6.45) is 0.544. The molecule has 1 heterocycles. The zero-order chi connectivity index (χ0) is 14.9. The second-order valence-corrected chi connectivity index (χ2v) is 6.49. The van der Waals surface area contributed by atoms with E-state index in [4.69, 9.17) is 10.2 Å². The smallest absolute Gasteiger partial charge is 0.408 e. The van der Waals surface area contributed by atoms with Crippen LogP contribution in [0.15, 0.2) is 32.3 Å². The molecule has 1 aromatic carbocycles. The number of fused-ring (bicyclic) bond motifs is 1. The number of rotatable bonds is 5. The molecular formula is C12H18ClN3O4S. The van der Waals surface area contributed by atoms with Crippen LogP contribution in [0.2, 0.25) is 0 Å². The minimum atomic E-state index is -3.63. The first kappa shape index (κ1) is 17.7. The van der Waals surface area contributed by atoms with Crippen LogP contribution in [0.1, 0.15) is 13.3 Å². The van der Waals surface area contributed by atoms with E-state index in [0.29, 0.717) is 11.9 Å². The van der Waals surface area contributed by atoms with Gasteiger partial charge in [-0.2, -0.15) is 0 Å². The molecule has 0 saturated carbocycles. The van der Waals surface area contributed by atoms with Gasteiger partial charge >= 0.3 is 5.76 Å². The molecule has 3 N–H and O–H groups in total. The molecule has 0 saturated heterocycles. The summed E-state index contributed by atoms with van der Waals surface area (Å²) >= 11 is 0. The average Bonchev–Trinajstić information content (AvgIpc) is 2.64. The first-order chi connectivity index (χ1) is 9.31. The summed E-state index contributed by atoms with van der Waals surface area (Å²) in [5.41, 5.74) is 6.36. The Morgan fingerprint density at radius 3 is 2.71 bits per heavy atom. The van der Waals surface area contributed by atoms with Crippen molar-refractivity contribution in [2.75, 3.05) is 6.54 Å². The zero-order valence-electron chi connectivity index (χ0n) is 11.7. The van der Waals surface area contributed by atoms with E-state index in [9.17, 15) is 13.2 Å². The van der Waals surface area contributed by atoms with Crippen molar-refractivity contribution in [3.05, 3.63) is 28.7 Å². The van der Waals surface area contributed by atoms with Gasteiger partial charge in [0.25, 0.3) is 0 Å². The van der Waals surface area contributed by atoms with Crippen molar-refractivity contribution in [1.29, 1.82) is 0 Å². The molecule has 21 heavy (non-hydrogen) atoms. The number of hydrogen-bond acceptors (Lipinski definition) is 5. The van der Waals surface area contributed by atoms with Crippen LogP contribution in [0, 0.1) is 0 Å². The van der Waals surface area contributed by atoms with Gasteiger partial charge in [0.15, 0.2) is 5.58 Å². The summed E-state index contributed by atoms with van der Waals surface area (Å²) in [6.45, 7) is 2.07. The van der Waals surface area contributed by atoms with Crippen LogP contribution in [0.5, 0.6) is 0 Å². The molecule has 118 valence electrons. The van der Waals surface area contributed by atoms with Gasteiger partial charge in [-0.3, -0.25) is 4.57 Å². The van der Waals surface area contributed by atoms with E-state index < -0.39 is 15.8 Å². The molecule has 0 radical (unpaired) electrons. The Kier molecular flexibility index (Phi) is 5.57. The maximum absolute atomic E-state index is 12.1. The lowest BCUT2D eigenvalue weighted by Crippen LogP contribution is -2.29. The van der Waals surface area contributed by atoms with Gasteiger partial charge in [-0.1, -0.05) is 0 Å². The molecule has 0 fully saturated rings. The molecular weight excluding hydrogens is 318 g/mol. The van der Waals surface area contributed by atoms with Gasteiger partial charge in [0.1, 0.15) is 0 Å². The average molecular weight is 336 g/mol. The second kappa shape index (κ2) is 6.61. The van der Waals surface area contributed by atoms with E-state index in [-0.39, 0.29) is 35.5 Å². The molecule has 0 aliphatic rings. The van der Waals surface area contributed by atoms with E-state index in [1.807, 2.05) is 0 Å². The van der Waals surface area contributed by atoms with E-state index >= 15 is 0 Å². The Bertz CT molecular complexity index is 779. The number of aryl methyl sites for hydroxylation is 1. The quantitative estimate of drug-likeness (QED) is 0.830. The number of sulfonamides is 1. The first-order valence-electron chi connectivity index (χ1n) is 6.16. The monoisotopic (exact) mass is 335 g/mol. The van der Waals surface area contributed by atoms with Crippen molar-refractivity contribution in [2.45, 2.75) is 24.3 Å². The molecule has 1 aromatic heterocycles. The van der Waals surface area contributed by atoms with Gasteiger partial charge in [-0.05, 0) is 25.5 Å². The van der Waals surface area contributed by atoms with Crippen LogP contribution in [-0.4, -0.2) is 25.6 Å². The second-order valence-electron chi connectivity index (χ2n) is 4.72. The molecule has 1 atom stereocenters. The lowest BCUT2D eigenvalue weighted by atomic mass is 10.3. The summed E-state index contributed by atoms with van der Waals surface area (Å²) in [5.74, 6) is -0.528. The molecule has 7 nitrogen and oxygen atoms in total. The Morgan fingerprint density at radius 2 is 2.10 bits per heavy atom. The number of benzene rings is 1. The molecule has 0 aliphatic heterocycles. The van der Waals surface area contributed by atoms with Crippen molar-refractivity contribution in [2.24, 2.45) is 12.8 Å². The van der Waals surface area contributed by atoms with Gasteiger partial charge < -0.3 is 10.2 Å². The van der Waals surface area contributed by atoms with Gasteiger partial charge in [0, 0.05) is 25.7 Å². The third kappa shape index (κ3) is 3.85. The Balaban J connectivity index is 0.00000220. The van der Waals surface area contributed by atoms with Crippen molar-refractivity contribution in [1.82, 2.24) is 9.29 Å². The van der Waals surface area contributed by atoms with Crippen LogP contribution >= 0.6 is 12.4 Å². The molecule has 0 amide bonds. The maximum Gasteiger partial charge on any atom is 0.419 e. The van der Waals surface area contributed by atoms with Crippen LogP contribution in [-0.2, 0) is 17.1 Å². The van der Waals surface area contributed by atoms with E-state index in [2.05, 4.69) is 4.72 Å². The molecule has 2 aromatic rings. The highest BCUT2D eigenvalue weighted by atomic mass is 35.5. The Hall–Kier alpha value is -1.35. The van der Waals surface area contributed by atoms with Gasteiger partial charge in [0.05, 0.1) is 10.4 Å². The van der Waals surface area contributed by atoms with Gasteiger partial charge in [-0.15, -0.1) is 12.4 Å². The lowest BCUT2D eigenvalue weighted by molar-refractivity contribution is 0.527. The lowest BCUT2D eigenvalue weighted by Gasteiger charge is -2.08. The highest BCUT2D eigenvalue weighted by Crippen LogP contribution is 2.17. The van der Waals surface area contributed by atoms with E-state index in [1.165, 1.54) is 16.7 Å². The van der Waals surface area contributed by atoms with Crippen LogP contribution < -0.4 is 16.2 Å². The third-order valence-corrected chi connectivity index (χ3v) is 4.42. The number of nitrogens with two attached hydrogens (primary N) is 1. The number of oxazole rings is 1. The topological polar surface area (TPSA) is 107 Å². The normalized spacial score (nSPS) is 13.1. The fraction of sp³-hybridized carbons (Fsp3) is 0.417. The number of hydrogen-bond donors (Lipinski definition) is 2.